The van der Waals surface area contributed by atoms with Crippen LogP contribution in [0, 0.1) is 6.92 Å². The molecule has 3 rings (SSSR count). The van der Waals surface area contributed by atoms with E-state index in [0.717, 1.165) is 22.2 Å². The van der Waals surface area contributed by atoms with Gasteiger partial charge in [-0.25, -0.2) is 4.98 Å². The van der Waals surface area contributed by atoms with Gasteiger partial charge in [-0.1, -0.05) is 12.1 Å². The van der Waals surface area contributed by atoms with Crippen molar-refractivity contribution in [2.24, 2.45) is 0 Å². The minimum Gasteiger partial charge on any atom is -0.396 e. The number of hydrogen-bond donors (Lipinski definition) is 2. The van der Waals surface area contributed by atoms with E-state index >= 15 is 0 Å². The minimum absolute atomic E-state index is 0.631. The van der Waals surface area contributed by atoms with Crippen molar-refractivity contribution in [3.05, 3.63) is 54.5 Å². The van der Waals surface area contributed by atoms with Crippen molar-refractivity contribution in [1.82, 2.24) is 9.97 Å². The maximum Gasteiger partial charge on any atom is 0.153 e. The lowest BCUT2D eigenvalue weighted by molar-refractivity contribution is 1.20. The van der Waals surface area contributed by atoms with Crippen LogP contribution in [0.15, 0.2) is 48.8 Å². The van der Waals surface area contributed by atoms with Gasteiger partial charge in [-0.3, -0.25) is 4.98 Å². The number of aryl methyl sites for hydroxylation is 1. The molecule has 3 N–H and O–H groups in total. The molecule has 2 heterocycles. The number of nitrogens with zero attached hydrogens (tertiary/aromatic N) is 2. The number of fused-ring (bicyclic) bond motifs is 1. The van der Waals surface area contributed by atoms with Crippen LogP contribution in [0.25, 0.3) is 10.8 Å². The molecule has 0 fully saturated rings. The number of nitrogen functional groups attached to an aromatic ring is 1. The summed E-state index contributed by atoms with van der Waals surface area (Å²) in [5.41, 5.74) is 8.45. The second kappa shape index (κ2) is 4.57. The molecule has 0 saturated heterocycles. The molecule has 0 unspecified atom stereocenters. The molecule has 0 aliphatic rings. The zero-order chi connectivity index (χ0) is 13.2. The van der Waals surface area contributed by atoms with Gasteiger partial charge in [0.15, 0.2) is 5.82 Å². The third kappa shape index (κ3) is 2.20. The molecule has 19 heavy (non-hydrogen) atoms. The van der Waals surface area contributed by atoms with Crippen molar-refractivity contribution in [3.8, 4) is 0 Å². The van der Waals surface area contributed by atoms with Gasteiger partial charge in [0.2, 0.25) is 0 Å². The predicted molar refractivity (Wildman–Crippen MR) is 78.4 cm³/mol. The number of rotatable bonds is 2. The molecule has 1 aromatic carbocycles. The number of benzene rings is 1. The number of nitrogens with one attached hydrogen (secondary N) is 1. The Labute approximate surface area is 111 Å². The van der Waals surface area contributed by atoms with Crippen LogP contribution in [-0.2, 0) is 0 Å². The Morgan fingerprint density at radius 3 is 2.89 bits per heavy atom. The molecule has 0 aliphatic carbocycles. The first-order valence-electron chi connectivity index (χ1n) is 6.07. The summed E-state index contributed by atoms with van der Waals surface area (Å²) in [6.45, 7) is 1.94. The lowest BCUT2D eigenvalue weighted by atomic mass is 10.1. The highest BCUT2D eigenvalue weighted by atomic mass is 15.0. The van der Waals surface area contributed by atoms with Gasteiger partial charge in [-0.15, -0.1) is 0 Å². The van der Waals surface area contributed by atoms with Crippen molar-refractivity contribution in [2.75, 3.05) is 11.1 Å². The fourth-order valence-corrected chi connectivity index (χ4v) is 2.02. The summed E-state index contributed by atoms with van der Waals surface area (Å²) in [7, 11) is 0. The first kappa shape index (κ1) is 11.5. The Balaban J connectivity index is 2.08. The quantitative estimate of drug-likeness (QED) is 0.732. The van der Waals surface area contributed by atoms with Crippen LogP contribution in [0.2, 0.25) is 0 Å². The van der Waals surface area contributed by atoms with Gasteiger partial charge in [0, 0.05) is 29.2 Å². The highest BCUT2D eigenvalue weighted by molar-refractivity contribution is 5.95. The normalized spacial score (nSPS) is 10.6. The van der Waals surface area contributed by atoms with Crippen molar-refractivity contribution >= 4 is 28.0 Å². The summed E-state index contributed by atoms with van der Waals surface area (Å²) in [6, 6.07) is 11.8. The Bertz CT molecular complexity index is 732. The standard InChI is InChI=1S/C15H14N4/c1-10-5-6-13(16)15(18-10)19-14-4-2-3-11-7-8-17-9-12(11)14/h2-9H,16H2,1H3,(H,18,19). The van der Waals surface area contributed by atoms with Crippen molar-refractivity contribution in [1.29, 1.82) is 0 Å². The summed E-state index contributed by atoms with van der Waals surface area (Å²) >= 11 is 0. The zero-order valence-corrected chi connectivity index (χ0v) is 10.6. The molecule has 3 aromatic rings. The van der Waals surface area contributed by atoms with Gasteiger partial charge in [0.05, 0.1) is 5.69 Å². The van der Waals surface area contributed by atoms with Crippen LogP contribution in [0.4, 0.5) is 17.2 Å². The molecule has 0 atom stereocenters. The monoisotopic (exact) mass is 250 g/mol. The molecule has 4 nitrogen and oxygen atoms in total. The summed E-state index contributed by atoms with van der Waals surface area (Å²) in [4.78, 5) is 8.58. The molecule has 0 spiro atoms. The second-order valence-corrected chi connectivity index (χ2v) is 4.42. The van der Waals surface area contributed by atoms with Crippen molar-refractivity contribution in [3.63, 3.8) is 0 Å². The van der Waals surface area contributed by atoms with Crippen molar-refractivity contribution in [2.45, 2.75) is 6.92 Å². The van der Waals surface area contributed by atoms with E-state index in [2.05, 4.69) is 21.4 Å². The molecule has 94 valence electrons. The highest BCUT2D eigenvalue weighted by Gasteiger charge is 2.05. The van der Waals surface area contributed by atoms with E-state index in [9.17, 15) is 0 Å². The van der Waals surface area contributed by atoms with E-state index < -0.39 is 0 Å². The Morgan fingerprint density at radius 2 is 2.00 bits per heavy atom. The van der Waals surface area contributed by atoms with Gasteiger partial charge < -0.3 is 11.1 Å². The van der Waals surface area contributed by atoms with Gasteiger partial charge >= 0.3 is 0 Å². The van der Waals surface area contributed by atoms with E-state index in [-0.39, 0.29) is 0 Å². The SMILES string of the molecule is Cc1ccc(N)c(Nc2cccc3ccncc23)n1. The minimum atomic E-state index is 0.631. The van der Waals surface area contributed by atoms with Crippen LogP contribution in [0.1, 0.15) is 5.69 Å². The van der Waals surface area contributed by atoms with E-state index in [1.807, 2.05) is 43.5 Å². The third-order valence-corrected chi connectivity index (χ3v) is 3.00. The maximum absolute atomic E-state index is 5.94. The summed E-state index contributed by atoms with van der Waals surface area (Å²) in [6.07, 6.45) is 3.62. The van der Waals surface area contributed by atoms with Crippen molar-refractivity contribution < 1.29 is 0 Å². The summed E-state index contributed by atoms with van der Waals surface area (Å²) in [5.74, 6) is 0.677. The van der Waals surface area contributed by atoms with Gasteiger partial charge in [0.25, 0.3) is 0 Å². The molecule has 0 radical (unpaired) electrons. The number of anilines is 3. The van der Waals surface area contributed by atoms with Crippen LogP contribution in [-0.4, -0.2) is 9.97 Å². The van der Waals surface area contributed by atoms with E-state index in [0.29, 0.717) is 11.5 Å². The molecular weight excluding hydrogens is 236 g/mol. The van der Waals surface area contributed by atoms with Crippen LogP contribution in [0.5, 0.6) is 0 Å². The lowest BCUT2D eigenvalue weighted by Crippen LogP contribution is -2.00. The lowest BCUT2D eigenvalue weighted by Gasteiger charge is -2.11. The molecule has 0 saturated carbocycles. The molecule has 4 heteroatoms. The zero-order valence-electron chi connectivity index (χ0n) is 10.6. The fourth-order valence-electron chi connectivity index (χ4n) is 2.02. The highest BCUT2D eigenvalue weighted by Crippen LogP contribution is 2.27. The maximum atomic E-state index is 5.94. The topological polar surface area (TPSA) is 63.8 Å². The smallest absolute Gasteiger partial charge is 0.153 e. The van der Waals surface area contributed by atoms with E-state index in [4.69, 9.17) is 5.73 Å². The second-order valence-electron chi connectivity index (χ2n) is 4.42. The number of nitrogens with two attached hydrogens (primary N) is 1. The number of pyridine rings is 2. The first-order chi connectivity index (χ1) is 9.24. The molecule has 0 bridgehead atoms. The Morgan fingerprint density at radius 1 is 1.11 bits per heavy atom. The molecule has 0 aliphatic heterocycles. The van der Waals surface area contributed by atoms with Gasteiger partial charge in [-0.2, -0.15) is 0 Å². The van der Waals surface area contributed by atoms with Gasteiger partial charge in [0.1, 0.15) is 0 Å². The molecule has 0 amide bonds. The van der Waals surface area contributed by atoms with E-state index in [1.165, 1.54) is 0 Å². The predicted octanol–water partition coefficient (Wildman–Crippen LogP) is 3.26. The van der Waals surface area contributed by atoms with Crippen LogP contribution >= 0.6 is 0 Å². The largest absolute Gasteiger partial charge is 0.396 e. The van der Waals surface area contributed by atoms with Crippen LogP contribution < -0.4 is 11.1 Å². The average molecular weight is 250 g/mol. The average Bonchev–Trinajstić information content (AvgIpc) is 2.43. The van der Waals surface area contributed by atoms with E-state index in [1.54, 1.807) is 6.20 Å². The third-order valence-electron chi connectivity index (χ3n) is 3.00. The Kier molecular flexibility index (Phi) is 2.76. The van der Waals surface area contributed by atoms with Crippen LogP contribution in [0.3, 0.4) is 0 Å². The van der Waals surface area contributed by atoms with Gasteiger partial charge in [-0.05, 0) is 36.6 Å². The molecule has 2 aromatic heterocycles. The number of aromatic nitrogens is 2. The molecular formula is C15H14N4. The summed E-state index contributed by atoms with van der Waals surface area (Å²) < 4.78 is 0. The fraction of sp³-hybridized carbons (Fsp3) is 0.0667. The summed E-state index contributed by atoms with van der Waals surface area (Å²) in [5, 5.41) is 5.46. The number of hydrogen-bond acceptors (Lipinski definition) is 4. The first-order valence-corrected chi connectivity index (χ1v) is 6.07. The Hall–Kier alpha value is -2.62.